The summed E-state index contributed by atoms with van der Waals surface area (Å²) in [6.45, 7) is 1.89. The number of pyridine rings is 1. The molecule has 0 spiro atoms. The van der Waals surface area contributed by atoms with Crippen LogP contribution in [-0.2, 0) is 38.6 Å². The fourth-order valence-electron chi connectivity index (χ4n) is 4.63. The molecule has 2 aromatic carbocycles. The zero-order chi connectivity index (χ0) is 28.3. The van der Waals surface area contributed by atoms with E-state index < -0.39 is 12.3 Å². The van der Waals surface area contributed by atoms with Gasteiger partial charge in [-0.3, -0.25) is 14.6 Å². The average Bonchev–Trinajstić information content (AvgIpc) is 2.98. The highest BCUT2D eigenvalue weighted by Gasteiger charge is 2.32. The molecule has 0 saturated carbocycles. The maximum atomic E-state index is 11.9. The van der Waals surface area contributed by atoms with Gasteiger partial charge in [0.05, 0.1) is 25.2 Å². The average molecular weight is 548 g/mol. The van der Waals surface area contributed by atoms with Gasteiger partial charge in [-0.1, -0.05) is 54.6 Å². The molecule has 1 fully saturated rings. The van der Waals surface area contributed by atoms with E-state index in [2.05, 4.69) is 22.2 Å². The second-order valence-electron chi connectivity index (χ2n) is 10.1. The van der Waals surface area contributed by atoms with Crippen LogP contribution >= 0.6 is 0 Å². The smallest absolute Gasteiger partial charge is 0.303 e. The van der Waals surface area contributed by atoms with E-state index in [0.717, 1.165) is 47.5 Å². The van der Waals surface area contributed by atoms with Crippen molar-refractivity contribution in [1.29, 1.82) is 0 Å². The third kappa shape index (κ3) is 8.96. The van der Waals surface area contributed by atoms with Crippen molar-refractivity contribution in [1.82, 2.24) is 15.2 Å². The number of aliphatic carboxylic acids is 1. The lowest BCUT2D eigenvalue weighted by Gasteiger charge is -2.38. The van der Waals surface area contributed by atoms with Crippen LogP contribution in [0.1, 0.15) is 59.6 Å². The van der Waals surface area contributed by atoms with Crippen LogP contribution in [0.5, 0.6) is 0 Å². The molecule has 1 saturated heterocycles. The lowest BCUT2D eigenvalue weighted by molar-refractivity contribution is -0.252. The van der Waals surface area contributed by atoms with Crippen LogP contribution in [-0.4, -0.2) is 58.2 Å². The first-order chi connectivity index (χ1) is 19.4. The number of carboxylic acid groups (broad SMARTS) is 1. The Bertz CT molecular complexity index is 1220. The number of aromatic nitrogens is 1. The standard InChI is InChI=1S/C31H37N3O6/c1-34(17-15-26-4-2-3-16-32-26)20-27-18-28(24-9-7-23(21-35)8-10-24)40-31(39-27)25-11-5-22(6-12-25)19-33-29(36)13-14-30(37)38/h2-12,16,27-28,31,35H,13-15,17-21H2,1H3,(H,33,36)(H,37,38)/t27-,28+,31+/m1/s1. The number of hydrogen-bond acceptors (Lipinski definition) is 7. The van der Waals surface area contributed by atoms with E-state index in [-0.39, 0.29) is 37.6 Å². The zero-order valence-electron chi connectivity index (χ0n) is 22.7. The van der Waals surface area contributed by atoms with Gasteiger partial charge in [-0.2, -0.15) is 0 Å². The number of carboxylic acids is 1. The van der Waals surface area contributed by atoms with E-state index in [4.69, 9.17) is 14.6 Å². The lowest BCUT2D eigenvalue weighted by atomic mass is 9.99. The molecule has 0 unspecified atom stereocenters. The molecule has 3 N–H and O–H groups in total. The second-order valence-corrected chi connectivity index (χ2v) is 10.1. The monoisotopic (exact) mass is 547 g/mol. The van der Waals surface area contributed by atoms with Crippen LogP contribution in [0.25, 0.3) is 0 Å². The third-order valence-electron chi connectivity index (χ3n) is 6.91. The van der Waals surface area contributed by atoms with E-state index in [1.54, 1.807) is 0 Å². The predicted octanol–water partition coefficient (Wildman–Crippen LogP) is 3.77. The number of nitrogens with one attached hydrogen (secondary N) is 1. The zero-order valence-corrected chi connectivity index (χ0v) is 22.7. The molecular formula is C31H37N3O6. The summed E-state index contributed by atoms with van der Waals surface area (Å²) in [6, 6.07) is 21.5. The SMILES string of the molecule is CN(CCc1ccccn1)C[C@H]1C[C@@H](c2ccc(CO)cc2)O[C@@H](c2ccc(CNC(=O)CCC(=O)O)cc2)O1. The molecular weight excluding hydrogens is 510 g/mol. The first-order valence-electron chi connectivity index (χ1n) is 13.6. The molecule has 1 aromatic heterocycles. The van der Waals surface area contributed by atoms with Crippen molar-refractivity contribution in [2.24, 2.45) is 0 Å². The number of ether oxygens (including phenoxy) is 2. The Morgan fingerprint density at radius 3 is 2.38 bits per heavy atom. The van der Waals surface area contributed by atoms with E-state index >= 15 is 0 Å². The molecule has 4 rings (SSSR count). The van der Waals surface area contributed by atoms with E-state index in [9.17, 15) is 14.7 Å². The molecule has 1 amide bonds. The van der Waals surface area contributed by atoms with Gasteiger partial charge in [0.15, 0.2) is 6.29 Å². The van der Waals surface area contributed by atoms with Crippen molar-refractivity contribution in [2.45, 2.75) is 57.3 Å². The maximum Gasteiger partial charge on any atom is 0.303 e. The van der Waals surface area contributed by atoms with Crippen molar-refractivity contribution in [3.63, 3.8) is 0 Å². The first-order valence-corrected chi connectivity index (χ1v) is 13.6. The Labute approximate surface area is 234 Å². The molecule has 40 heavy (non-hydrogen) atoms. The van der Waals surface area contributed by atoms with Crippen LogP contribution in [0.15, 0.2) is 72.9 Å². The number of carbonyl (C=O) groups excluding carboxylic acids is 1. The highest BCUT2D eigenvalue weighted by atomic mass is 16.7. The number of aliphatic hydroxyl groups excluding tert-OH is 1. The van der Waals surface area contributed by atoms with Crippen molar-refractivity contribution in [2.75, 3.05) is 20.1 Å². The van der Waals surface area contributed by atoms with Crippen molar-refractivity contribution in [3.8, 4) is 0 Å². The highest BCUT2D eigenvalue weighted by Crippen LogP contribution is 2.38. The number of likely N-dealkylation sites (N-methyl/N-ethyl adjacent to an activating group) is 1. The number of aliphatic hydroxyl groups is 1. The van der Waals surface area contributed by atoms with Gasteiger partial charge in [0, 0.05) is 56.4 Å². The summed E-state index contributed by atoms with van der Waals surface area (Å²) in [4.78, 5) is 29.2. The van der Waals surface area contributed by atoms with Gasteiger partial charge < -0.3 is 29.9 Å². The summed E-state index contributed by atoms with van der Waals surface area (Å²) in [5.41, 5.74) is 4.71. The van der Waals surface area contributed by atoms with Gasteiger partial charge >= 0.3 is 5.97 Å². The first kappa shape index (κ1) is 29.4. The fraction of sp³-hybridized carbons (Fsp3) is 0.387. The van der Waals surface area contributed by atoms with Gasteiger partial charge in [-0.05, 0) is 35.9 Å². The number of amides is 1. The molecule has 2 heterocycles. The van der Waals surface area contributed by atoms with E-state index in [1.165, 1.54) is 0 Å². The Morgan fingerprint density at radius 1 is 0.975 bits per heavy atom. The van der Waals surface area contributed by atoms with Crippen LogP contribution < -0.4 is 5.32 Å². The molecule has 9 heteroatoms. The summed E-state index contributed by atoms with van der Waals surface area (Å²) in [5.74, 6) is -1.29. The Hall–Kier alpha value is -3.63. The van der Waals surface area contributed by atoms with Gasteiger partial charge in [0.2, 0.25) is 5.91 Å². The number of benzene rings is 2. The maximum absolute atomic E-state index is 11.9. The fourth-order valence-corrected chi connectivity index (χ4v) is 4.63. The molecule has 0 aliphatic carbocycles. The Balaban J connectivity index is 1.41. The summed E-state index contributed by atoms with van der Waals surface area (Å²) in [5, 5.41) is 20.9. The van der Waals surface area contributed by atoms with Crippen LogP contribution in [0.3, 0.4) is 0 Å². The van der Waals surface area contributed by atoms with Crippen molar-refractivity contribution >= 4 is 11.9 Å². The number of carbonyl (C=O) groups is 2. The quantitative estimate of drug-likeness (QED) is 0.296. The molecule has 0 bridgehead atoms. The summed E-state index contributed by atoms with van der Waals surface area (Å²) in [6.07, 6.45) is 2.32. The molecule has 9 nitrogen and oxygen atoms in total. The Morgan fingerprint density at radius 2 is 1.70 bits per heavy atom. The Kier molecular flexibility index (Phi) is 10.8. The predicted molar refractivity (Wildman–Crippen MR) is 149 cm³/mol. The van der Waals surface area contributed by atoms with Crippen molar-refractivity contribution < 1.29 is 29.3 Å². The van der Waals surface area contributed by atoms with E-state index in [1.807, 2.05) is 72.9 Å². The van der Waals surface area contributed by atoms with E-state index in [0.29, 0.717) is 13.0 Å². The van der Waals surface area contributed by atoms with Gasteiger partial charge in [-0.25, -0.2) is 0 Å². The third-order valence-corrected chi connectivity index (χ3v) is 6.91. The van der Waals surface area contributed by atoms with Gasteiger partial charge in [0.25, 0.3) is 0 Å². The topological polar surface area (TPSA) is 121 Å². The number of hydrogen-bond donors (Lipinski definition) is 3. The molecule has 1 aliphatic heterocycles. The lowest BCUT2D eigenvalue weighted by Crippen LogP contribution is -2.38. The van der Waals surface area contributed by atoms with Crippen LogP contribution in [0.4, 0.5) is 0 Å². The number of rotatable bonds is 13. The molecule has 3 atom stereocenters. The largest absolute Gasteiger partial charge is 0.481 e. The summed E-state index contributed by atoms with van der Waals surface area (Å²) < 4.78 is 12.9. The minimum atomic E-state index is -0.993. The molecule has 1 aliphatic rings. The van der Waals surface area contributed by atoms with Crippen LogP contribution in [0.2, 0.25) is 0 Å². The minimum Gasteiger partial charge on any atom is -0.481 e. The molecule has 212 valence electrons. The summed E-state index contributed by atoms with van der Waals surface area (Å²) in [7, 11) is 2.08. The number of nitrogens with zero attached hydrogens (tertiary/aromatic N) is 2. The van der Waals surface area contributed by atoms with Gasteiger partial charge in [-0.15, -0.1) is 0 Å². The summed E-state index contributed by atoms with van der Waals surface area (Å²) >= 11 is 0. The normalized spacial score (nSPS) is 18.9. The second kappa shape index (κ2) is 14.7. The molecule has 3 aromatic rings. The van der Waals surface area contributed by atoms with Crippen LogP contribution in [0, 0.1) is 0 Å². The van der Waals surface area contributed by atoms with Crippen molar-refractivity contribution in [3.05, 3.63) is 101 Å². The van der Waals surface area contributed by atoms with Gasteiger partial charge in [0.1, 0.15) is 0 Å². The molecule has 0 radical (unpaired) electrons. The highest BCUT2D eigenvalue weighted by molar-refractivity contribution is 5.80. The minimum absolute atomic E-state index is 0.00636.